The number of rotatable bonds is 9. The van der Waals surface area contributed by atoms with E-state index < -0.39 is 0 Å². The summed E-state index contributed by atoms with van der Waals surface area (Å²) in [7, 11) is 1.52. The molecule has 172 valence electrons. The van der Waals surface area contributed by atoms with Crippen LogP contribution in [0, 0.1) is 0 Å². The molecule has 0 fully saturated rings. The number of carbonyl (C=O) groups excluding carboxylic acids is 1. The second-order valence-electron chi connectivity index (χ2n) is 6.69. The van der Waals surface area contributed by atoms with E-state index in [-0.39, 0.29) is 5.91 Å². The number of carbonyl (C=O) groups is 1. The van der Waals surface area contributed by atoms with E-state index in [0.29, 0.717) is 41.0 Å². The average Bonchev–Trinajstić information content (AvgIpc) is 2.80. The lowest BCUT2D eigenvalue weighted by Gasteiger charge is -2.12. The Morgan fingerprint density at radius 3 is 2.45 bits per heavy atom. The molecular formula is C24H21Br2ClN2O4. The topological polar surface area (TPSA) is 69.2 Å². The summed E-state index contributed by atoms with van der Waals surface area (Å²) in [6.07, 6.45) is 1.54. The van der Waals surface area contributed by atoms with Crippen LogP contribution in [-0.4, -0.2) is 25.8 Å². The molecule has 3 aromatic carbocycles. The molecule has 0 aromatic heterocycles. The first-order chi connectivity index (χ1) is 15.9. The van der Waals surface area contributed by atoms with Gasteiger partial charge in [-0.05, 0) is 80.7 Å². The van der Waals surface area contributed by atoms with Crippen molar-refractivity contribution in [3.05, 3.63) is 85.3 Å². The van der Waals surface area contributed by atoms with Crippen LogP contribution in [0.15, 0.2) is 68.6 Å². The van der Waals surface area contributed by atoms with E-state index in [0.717, 1.165) is 20.1 Å². The molecule has 0 radical (unpaired) electrons. The number of halogens is 3. The Kier molecular flexibility index (Phi) is 9.17. The van der Waals surface area contributed by atoms with Crippen LogP contribution in [0.5, 0.6) is 17.2 Å². The number of amides is 1. The highest BCUT2D eigenvalue weighted by Crippen LogP contribution is 2.35. The highest BCUT2D eigenvalue weighted by atomic mass is 79.9. The molecule has 0 heterocycles. The van der Waals surface area contributed by atoms with Crippen molar-refractivity contribution in [1.82, 2.24) is 5.43 Å². The standard InChI is InChI=1S/C24H21Br2ClN2O4/c1-3-32-21-9-8-16(12-22(21)31-2)24(30)29-28-13-15-10-18(25)23(19(26)11-15)33-14-17-6-4-5-7-20(17)27/h4-13H,3,14H2,1-2H3,(H,29,30)/b28-13+. The molecule has 0 aliphatic carbocycles. The Morgan fingerprint density at radius 2 is 1.79 bits per heavy atom. The molecule has 33 heavy (non-hydrogen) atoms. The first-order valence-electron chi connectivity index (χ1n) is 9.92. The lowest BCUT2D eigenvalue weighted by Crippen LogP contribution is -2.17. The van der Waals surface area contributed by atoms with Crippen LogP contribution in [0.4, 0.5) is 0 Å². The molecule has 0 spiro atoms. The van der Waals surface area contributed by atoms with Gasteiger partial charge in [-0.15, -0.1) is 0 Å². The maximum absolute atomic E-state index is 12.4. The quantitative estimate of drug-likeness (QED) is 0.223. The van der Waals surface area contributed by atoms with Gasteiger partial charge in [0.05, 0.1) is 28.9 Å². The Balaban J connectivity index is 1.65. The maximum atomic E-state index is 12.4. The number of nitrogens with one attached hydrogen (secondary N) is 1. The number of methoxy groups -OCH3 is 1. The maximum Gasteiger partial charge on any atom is 0.271 e. The van der Waals surface area contributed by atoms with Crippen LogP contribution in [0.25, 0.3) is 0 Å². The van der Waals surface area contributed by atoms with Crippen molar-refractivity contribution < 1.29 is 19.0 Å². The minimum atomic E-state index is -0.370. The van der Waals surface area contributed by atoms with Crippen LogP contribution >= 0.6 is 43.5 Å². The third kappa shape index (κ3) is 6.72. The van der Waals surface area contributed by atoms with E-state index >= 15 is 0 Å². The van der Waals surface area contributed by atoms with Gasteiger partial charge in [-0.3, -0.25) is 4.79 Å². The minimum absolute atomic E-state index is 0.325. The van der Waals surface area contributed by atoms with Crippen molar-refractivity contribution >= 4 is 55.6 Å². The van der Waals surface area contributed by atoms with Gasteiger partial charge in [0.15, 0.2) is 11.5 Å². The molecule has 0 atom stereocenters. The summed E-state index contributed by atoms with van der Waals surface area (Å²) in [4.78, 5) is 12.4. The highest BCUT2D eigenvalue weighted by molar-refractivity contribution is 9.11. The number of hydrogen-bond donors (Lipinski definition) is 1. The molecule has 3 aromatic rings. The van der Waals surface area contributed by atoms with Crippen LogP contribution in [0.1, 0.15) is 28.4 Å². The summed E-state index contributed by atoms with van der Waals surface area (Å²) in [6, 6.07) is 16.1. The summed E-state index contributed by atoms with van der Waals surface area (Å²) in [5.74, 6) is 1.32. The zero-order chi connectivity index (χ0) is 23.8. The van der Waals surface area contributed by atoms with E-state index in [1.165, 1.54) is 13.3 Å². The summed E-state index contributed by atoms with van der Waals surface area (Å²) in [6.45, 7) is 2.70. The molecule has 0 aliphatic rings. The Bertz CT molecular complexity index is 1150. The number of ether oxygens (including phenoxy) is 3. The molecule has 1 amide bonds. The van der Waals surface area contributed by atoms with Crippen molar-refractivity contribution in [2.45, 2.75) is 13.5 Å². The van der Waals surface area contributed by atoms with E-state index in [4.69, 9.17) is 25.8 Å². The molecule has 0 aliphatic heterocycles. The number of hydrogen-bond acceptors (Lipinski definition) is 5. The number of benzene rings is 3. The average molecular weight is 597 g/mol. The normalized spacial score (nSPS) is 10.8. The SMILES string of the molecule is CCOc1ccc(C(=O)N/N=C/c2cc(Br)c(OCc3ccccc3Cl)c(Br)c2)cc1OC. The van der Waals surface area contributed by atoms with Gasteiger partial charge in [-0.25, -0.2) is 5.43 Å². The summed E-state index contributed by atoms with van der Waals surface area (Å²) >= 11 is 13.2. The van der Waals surface area contributed by atoms with Crippen LogP contribution < -0.4 is 19.6 Å². The fraction of sp³-hybridized carbons (Fsp3) is 0.167. The number of hydrazone groups is 1. The fourth-order valence-electron chi connectivity index (χ4n) is 2.87. The molecular weight excluding hydrogens is 576 g/mol. The predicted molar refractivity (Wildman–Crippen MR) is 137 cm³/mol. The van der Waals surface area contributed by atoms with Gasteiger partial charge in [0.1, 0.15) is 12.4 Å². The third-order valence-electron chi connectivity index (χ3n) is 4.46. The molecule has 3 rings (SSSR count). The second kappa shape index (κ2) is 12.1. The van der Waals surface area contributed by atoms with Gasteiger partial charge in [-0.2, -0.15) is 5.10 Å². The fourth-order valence-corrected chi connectivity index (χ4v) is 4.51. The van der Waals surface area contributed by atoms with Gasteiger partial charge >= 0.3 is 0 Å². The Hall–Kier alpha value is -2.55. The van der Waals surface area contributed by atoms with E-state index in [1.807, 2.05) is 43.3 Å². The monoisotopic (exact) mass is 594 g/mol. The zero-order valence-electron chi connectivity index (χ0n) is 17.9. The molecule has 0 unspecified atom stereocenters. The van der Waals surface area contributed by atoms with Gasteiger partial charge in [0.25, 0.3) is 5.91 Å². The molecule has 0 bridgehead atoms. The summed E-state index contributed by atoms with van der Waals surface area (Å²) in [5, 5.41) is 4.70. The van der Waals surface area contributed by atoms with Crippen molar-refractivity contribution in [2.75, 3.05) is 13.7 Å². The molecule has 9 heteroatoms. The van der Waals surface area contributed by atoms with Crippen molar-refractivity contribution in [3.63, 3.8) is 0 Å². The molecule has 1 N–H and O–H groups in total. The van der Waals surface area contributed by atoms with E-state index in [2.05, 4.69) is 42.4 Å². The van der Waals surface area contributed by atoms with E-state index in [9.17, 15) is 4.79 Å². The summed E-state index contributed by atoms with van der Waals surface area (Å²) in [5.41, 5.74) is 4.55. The lowest BCUT2D eigenvalue weighted by atomic mass is 10.2. The molecule has 0 saturated heterocycles. The zero-order valence-corrected chi connectivity index (χ0v) is 21.8. The third-order valence-corrected chi connectivity index (χ3v) is 6.00. The Labute approximate surface area is 214 Å². The van der Waals surface area contributed by atoms with Crippen LogP contribution in [0.2, 0.25) is 5.02 Å². The van der Waals surface area contributed by atoms with Gasteiger partial charge in [0, 0.05) is 16.1 Å². The van der Waals surface area contributed by atoms with Gasteiger partial charge < -0.3 is 14.2 Å². The van der Waals surface area contributed by atoms with Crippen molar-refractivity contribution in [2.24, 2.45) is 5.10 Å². The largest absolute Gasteiger partial charge is 0.493 e. The van der Waals surface area contributed by atoms with Gasteiger partial charge in [0.2, 0.25) is 0 Å². The summed E-state index contributed by atoms with van der Waals surface area (Å²) < 4.78 is 18.1. The van der Waals surface area contributed by atoms with Gasteiger partial charge in [-0.1, -0.05) is 29.8 Å². The molecule has 6 nitrogen and oxygen atoms in total. The number of nitrogens with zero attached hydrogens (tertiary/aromatic N) is 1. The first kappa shape index (κ1) is 25.1. The predicted octanol–water partition coefficient (Wildman–Crippen LogP) is 6.62. The minimum Gasteiger partial charge on any atom is -0.493 e. The van der Waals surface area contributed by atoms with E-state index in [1.54, 1.807) is 18.2 Å². The first-order valence-corrected chi connectivity index (χ1v) is 11.9. The molecule has 0 saturated carbocycles. The second-order valence-corrected chi connectivity index (χ2v) is 8.81. The lowest BCUT2D eigenvalue weighted by molar-refractivity contribution is 0.0954. The highest BCUT2D eigenvalue weighted by Gasteiger charge is 2.12. The smallest absolute Gasteiger partial charge is 0.271 e. The van der Waals surface area contributed by atoms with Crippen LogP contribution in [0.3, 0.4) is 0 Å². The Morgan fingerprint density at radius 1 is 1.06 bits per heavy atom. The van der Waals surface area contributed by atoms with Crippen molar-refractivity contribution in [1.29, 1.82) is 0 Å². The van der Waals surface area contributed by atoms with Crippen molar-refractivity contribution in [3.8, 4) is 17.2 Å². The van der Waals surface area contributed by atoms with Crippen LogP contribution in [-0.2, 0) is 6.61 Å².